The molecule has 1 aliphatic heterocycles. The number of aryl methyl sites for hydroxylation is 2. The van der Waals surface area contributed by atoms with E-state index in [2.05, 4.69) is 56.2 Å². The van der Waals surface area contributed by atoms with Gasteiger partial charge < -0.3 is 10.2 Å². The molecule has 1 aromatic carbocycles. The van der Waals surface area contributed by atoms with E-state index in [1.54, 1.807) is 0 Å². The molecule has 2 rings (SSSR count). The SMILES string of the molecule is CNC1CC(C)CN(c2ccc(C)c(C)c2)C1. The molecular weight excluding hydrogens is 208 g/mol. The van der Waals surface area contributed by atoms with Gasteiger partial charge in [-0.2, -0.15) is 0 Å². The van der Waals surface area contributed by atoms with Gasteiger partial charge in [-0.15, -0.1) is 0 Å². The molecule has 1 aromatic rings. The summed E-state index contributed by atoms with van der Waals surface area (Å²) in [7, 11) is 2.07. The highest BCUT2D eigenvalue weighted by atomic mass is 15.2. The number of nitrogens with zero attached hydrogens (tertiary/aromatic N) is 1. The second-order valence-corrected chi connectivity index (χ2v) is 5.50. The quantitative estimate of drug-likeness (QED) is 0.843. The van der Waals surface area contributed by atoms with Crippen LogP contribution in [0.15, 0.2) is 18.2 Å². The summed E-state index contributed by atoms with van der Waals surface area (Å²) < 4.78 is 0. The van der Waals surface area contributed by atoms with Crippen LogP contribution in [0.3, 0.4) is 0 Å². The maximum Gasteiger partial charge on any atom is 0.0369 e. The fraction of sp³-hybridized carbons (Fsp3) is 0.600. The van der Waals surface area contributed by atoms with E-state index in [1.807, 2.05) is 0 Å². The summed E-state index contributed by atoms with van der Waals surface area (Å²) in [6.07, 6.45) is 1.29. The number of likely N-dealkylation sites (N-methyl/N-ethyl adjacent to an activating group) is 1. The van der Waals surface area contributed by atoms with Crippen LogP contribution < -0.4 is 10.2 Å². The zero-order valence-electron chi connectivity index (χ0n) is 11.5. The maximum atomic E-state index is 3.42. The number of nitrogens with one attached hydrogen (secondary N) is 1. The lowest BCUT2D eigenvalue weighted by molar-refractivity contribution is 0.366. The molecule has 2 unspecified atom stereocenters. The van der Waals surface area contributed by atoms with Gasteiger partial charge in [0.2, 0.25) is 0 Å². The van der Waals surface area contributed by atoms with Crippen molar-refractivity contribution in [2.24, 2.45) is 5.92 Å². The molecule has 1 aliphatic rings. The van der Waals surface area contributed by atoms with Crippen molar-refractivity contribution >= 4 is 5.69 Å². The molecule has 2 nitrogen and oxygen atoms in total. The van der Waals surface area contributed by atoms with Crippen molar-refractivity contribution in [1.82, 2.24) is 5.32 Å². The molecule has 1 N–H and O–H groups in total. The Balaban J connectivity index is 2.17. The largest absolute Gasteiger partial charge is 0.370 e. The third-order valence-electron chi connectivity index (χ3n) is 3.92. The molecule has 0 aliphatic carbocycles. The predicted molar refractivity (Wildman–Crippen MR) is 74.8 cm³/mol. The highest BCUT2D eigenvalue weighted by Crippen LogP contribution is 2.24. The van der Waals surface area contributed by atoms with E-state index in [4.69, 9.17) is 0 Å². The second kappa shape index (κ2) is 5.09. The van der Waals surface area contributed by atoms with Gasteiger partial charge in [-0.3, -0.25) is 0 Å². The molecule has 94 valence electrons. The zero-order valence-corrected chi connectivity index (χ0v) is 11.5. The van der Waals surface area contributed by atoms with Gasteiger partial charge >= 0.3 is 0 Å². The third-order valence-corrected chi connectivity index (χ3v) is 3.92. The van der Waals surface area contributed by atoms with Gasteiger partial charge in [0.25, 0.3) is 0 Å². The average molecular weight is 232 g/mol. The number of anilines is 1. The van der Waals surface area contributed by atoms with Crippen LogP contribution in [0.2, 0.25) is 0 Å². The Labute approximate surface area is 105 Å². The van der Waals surface area contributed by atoms with Gasteiger partial charge in [0.1, 0.15) is 0 Å². The zero-order chi connectivity index (χ0) is 12.4. The average Bonchev–Trinajstić information content (AvgIpc) is 2.32. The van der Waals surface area contributed by atoms with Crippen LogP contribution in [-0.2, 0) is 0 Å². The molecule has 1 saturated heterocycles. The minimum absolute atomic E-state index is 0.625. The lowest BCUT2D eigenvalue weighted by Gasteiger charge is -2.38. The van der Waals surface area contributed by atoms with Gasteiger partial charge in [-0.25, -0.2) is 0 Å². The topological polar surface area (TPSA) is 15.3 Å². The van der Waals surface area contributed by atoms with Crippen molar-refractivity contribution in [3.63, 3.8) is 0 Å². The number of benzene rings is 1. The van der Waals surface area contributed by atoms with Crippen molar-refractivity contribution in [1.29, 1.82) is 0 Å². The molecule has 1 fully saturated rings. The number of hydrogen-bond acceptors (Lipinski definition) is 2. The number of hydrogen-bond donors (Lipinski definition) is 1. The Morgan fingerprint density at radius 1 is 1.18 bits per heavy atom. The minimum Gasteiger partial charge on any atom is -0.370 e. The fourth-order valence-electron chi connectivity index (χ4n) is 2.69. The molecular formula is C15H24N2. The highest BCUT2D eigenvalue weighted by molar-refractivity contribution is 5.51. The summed E-state index contributed by atoms with van der Waals surface area (Å²) in [5.41, 5.74) is 4.14. The summed E-state index contributed by atoms with van der Waals surface area (Å²) in [6, 6.07) is 7.44. The molecule has 0 bridgehead atoms. The molecule has 2 heteroatoms. The first-order valence-corrected chi connectivity index (χ1v) is 6.59. The van der Waals surface area contributed by atoms with Gasteiger partial charge in [0.05, 0.1) is 0 Å². The Morgan fingerprint density at radius 3 is 2.59 bits per heavy atom. The van der Waals surface area contributed by atoms with Crippen molar-refractivity contribution in [3.05, 3.63) is 29.3 Å². The molecule has 2 atom stereocenters. The minimum atomic E-state index is 0.625. The van der Waals surface area contributed by atoms with E-state index in [1.165, 1.54) is 29.8 Å². The molecule has 0 spiro atoms. The predicted octanol–water partition coefficient (Wildman–Crippen LogP) is 2.74. The van der Waals surface area contributed by atoms with Crippen molar-refractivity contribution < 1.29 is 0 Å². The molecule has 17 heavy (non-hydrogen) atoms. The van der Waals surface area contributed by atoms with E-state index in [0.29, 0.717) is 6.04 Å². The molecule has 0 radical (unpaired) electrons. The number of rotatable bonds is 2. The number of piperidine rings is 1. The maximum absolute atomic E-state index is 3.42. The standard InChI is InChI=1S/C15H24N2/c1-11-7-14(16-4)10-17(9-11)15-6-5-12(2)13(3)8-15/h5-6,8,11,14,16H,7,9-10H2,1-4H3. The van der Waals surface area contributed by atoms with Gasteiger partial charge in [-0.05, 0) is 56.5 Å². The Hall–Kier alpha value is -1.02. The summed E-state index contributed by atoms with van der Waals surface area (Å²) >= 11 is 0. The van der Waals surface area contributed by atoms with Crippen LogP contribution >= 0.6 is 0 Å². The van der Waals surface area contributed by atoms with Crippen LogP contribution in [0.1, 0.15) is 24.5 Å². The summed E-state index contributed by atoms with van der Waals surface area (Å²) in [5, 5.41) is 3.42. The first kappa shape index (κ1) is 12.4. The van der Waals surface area contributed by atoms with Crippen LogP contribution in [0, 0.1) is 19.8 Å². The molecule has 0 aromatic heterocycles. The first-order valence-electron chi connectivity index (χ1n) is 6.59. The van der Waals surface area contributed by atoms with Gasteiger partial charge in [0, 0.05) is 24.8 Å². The second-order valence-electron chi connectivity index (χ2n) is 5.50. The van der Waals surface area contributed by atoms with E-state index in [0.717, 1.165) is 12.5 Å². The fourth-order valence-corrected chi connectivity index (χ4v) is 2.69. The van der Waals surface area contributed by atoms with Gasteiger partial charge in [0.15, 0.2) is 0 Å². The summed E-state index contributed by atoms with van der Waals surface area (Å²) in [4.78, 5) is 2.52. The lowest BCUT2D eigenvalue weighted by Crippen LogP contribution is -2.47. The van der Waals surface area contributed by atoms with Crippen LogP contribution in [-0.4, -0.2) is 26.2 Å². The van der Waals surface area contributed by atoms with E-state index >= 15 is 0 Å². The van der Waals surface area contributed by atoms with Crippen molar-refractivity contribution in [2.45, 2.75) is 33.2 Å². The normalized spacial score (nSPS) is 25.1. The van der Waals surface area contributed by atoms with E-state index < -0.39 is 0 Å². The van der Waals surface area contributed by atoms with Crippen molar-refractivity contribution in [3.8, 4) is 0 Å². The van der Waals surface area contributed by atoms with Crippen LogP contribution in [0.4, 0.5) is 5.69 Å². The van der Waals surface area contributed by atoms with E-state index in [-0.39, 0.29) is 0 Å². The van der Waals surface area contributed by atoms with Gasteiger partial charge in [-0.1, -0.05) is 13.0 Å². The van der Waals surface area contributed by atoms with Crippen LogP contribution in [0.5, 0.6) is 0 Å². The third kappa shape index (κ3) is 2.81. The van der Waals surface area contributed by atoms with E-state index in [9.17, 15) is 0 Å². The Morgan fingerprint density at radius 2 is 1.94 bits per heavy atom. The molecule has 0 saturated carbocycles. The summed E-state index contributed by atoms with van der Waals surface area (Å²) in [6.45, 7) is 9.03. The van der Waals surface area contributed by atoms with Crippen LogP contribution in [0.25, 0.3) is 0 Å². The summed E-state index contributed by atoms with van der Waals surface area (Å²) in [5.74, 6) is 0.766. The molecule has 0 amide bonds. The van der Waals surface area contributed by atoms with Crippen molar-refractivity contribution in [2.75, 3.05) is 25.0 Å². The highest BCUT2D eigenvalue weighted by Gasteiger charge is 2.23. The molecule has 1 heterocycles. The lowest BCUT2D eigenvalue weighted by atomic mass is 9.95. The Bertz CT molecular complexity index is 387. The first-order chi connectivity index (χ1) is 8.10. The monoisotopic (exact) mass is 232 g/mol. The smallest absolute Gasteiger partial charge is 0.0369 e. The Kier molecular flexibility index (Phi) is 3.72.